The molecule has 1 atom stereocenters. The van der Waals surface area contributed by atoms with Gasteiger partial charge in [0, 0.05) is 31.2 Å². The minimum Gasteiger partial charge on any atom is -0.456 e. The standard InChI is InChI=1S/C23H29N7O4/c1-15-19(13-34-21(15)32)29-9-8-23(22(29)33)6-4-18(5-7-23)24-11-17(12-31)16-2-3-20(25-10-16)30-14-26-27-28-30/h2-3,10,14,17-18,24,31H,4-9,11-13H2,1H3/t17-,18?,23?/m1/s1. The molecule has 2 N–H and O–H groups in total. The van der Waals surface area contributed by atoms with Crippen LogP contribution in [-0.2, 0) is 14.3 Å². The molecule has 4 heterocycles. The normalized spacial score (nSPS) is 25.9. The third-order valence-electron chi connectivity index (χ3n) is 7.56. The molecule has 1 aliphatic carbocycles. The van der Waals surface area contributed by atoms with Gasteiger partial charge in [0.15, 0.2) is 5.82 Å². The van der Waals surface area contributed by atoms with Gasteiger partial charge in [0.05, 0.1) is 23.3 Å². The zero-order valence-electron chi connectivity index (χ0n) is 19.2. The van der Waals surface area contributed by atoms with Gasteiger partial charge >= 0.3 is 5.97 Å². The minimum atomic E-state index is -0.330. The molecule has 0 radical (unpaired) electrons. The topological polar surface area (TPSA) is 135 Å². The molecule has 0 aromatic carbocycles. The third kappa shape index (κ3) is 4.09. The lowest BCUT2D eigenvalue weighted by Gasteiger charge is -2.36. The Morgan fingerprint density at radius 2 is 2.09 bits per heavy atom. The first-order chi connectivity index (χ1) is 16.5. The number of tetrazole rings is 1. The zero-order chi connectivity index (χ0) is 23.7. The van der Waals surface area contributed by atoms with Gasteiger partial charge in [-0.15, -0.1) is 5.10 Å². The SMILES string of the molecule is CC1=C(N2CCC3(CCC(NC[C@H](CO)c4ccc(-n5cnnn5)nc4)CC3)C2=O)COC1=O. The number of amides is 1. The highest BCUT2D eigenvalue weighted by Crippen LogP contribution is 2.46. The molecular formula is C23H29N7O4. The number of carbonyl (C=O) groups is 2. The first kappa shape index (κ1) is 22.6. The second-order valence-electron chi connectivity index (χ2n) is 9.40. The molecule has 1 saturated heterocycles. The van der Waals surface area contributed by atoms with E-state index >= 15 is 0 Å². The average Bonchev–Trinajstić information content (AvgIpc) is 3.58. The molecule has 0 bridgehead atoms. The van der Waals surface area contributed by atoms with Crippen LogP contribution in [0.5, 0.6) is 0 Å². The maximum Gasteiger partial charge on any atom is 0.336 e. The number of pyridine rings is 1. The summed E-state index contributed by atoms with van der Waals surface area (Å²) in [5.41, 5.74) is 1.90. The van der Waals surface area contributed by atoms with Crippen LogP contribution in [0.3, 0.4) is 0 Å². The fourth-order valence-electron chi connectivity index (χ4n) is 5.30. The average molecular weight is 468 g/mol. The van der Waals surface area contributed by atoms with Crippen molar-refractivity contribution in [2.24, 2.45) is 5.41 Å². The molecule has 2 fully saturated rings. The van der Waals surface area contributed by atoms with Gasteiger partial charge in [0.25, 0.3) is 0 Å². The number of esters is 1. The van der Waals surface area contributed by atoms with Crippen LogP contribution in [0.4, 0.5) is 0 Å². The van der Waals surface area contributed by atoms with Gasteiger partial charge in [-0.2, -0.15) is 4.68 Å². The monoisotopic (exact) mass is 467 g/mol. The van der Waals surface area contributed by atoms with Crippen LogP contribution in [0.2, 0.25) is 0 Å². The van der Waals surface area contributed by atoms with Crippen LogP contribution in [0.25, 0.3) is 5.82 Å². The molecule has 1 saturated carbocycles. The number of aromatic nitrogens is 5. The number of rotatable bonds is 7. The molecule has 5 rings (SSSR count). The number of carbonyl (C=O) groups excluding carboxylic acids is 2. The lowest BCUT2D eigenvalue weighted by atomic mass is 9.71. The predicted molar refractivity (Wildman–Crippen MR) is 119 cm³/mol. The van der Waals surface area contributed by atoms with Crippen LogP contribution >= 0.6 is 0 Å². The van der Waals surface area contributed by atoms with Crippen LogP contribution in [-0.4, -0.2) is 79.4 Å². The molecule has 2 aromatic rings. The highest BCUT2D eigenvalue weighted by molar-refractivity contribution is 5.94. The van der Waals surface area contributed by atoms with Crippen LogP contribution < -0.4 is 5.32 Å². The second kappa shape index (κ2) is 9.22. The minimum absolute atomic E-state index is 0.0122. The lowest BCUT2D eigenvalue weighted by Crippen LogP contribution is -2.43. The molecular weight excluding hydrogens is 438 g/mol. The van der Waals surface area contributed by atoms with E-state index in [1.54, 1.807) is 18.0 Å². The first-order valence-electron chi connectivity index (χ1n) is 11.7. The van der Waals surface area contributed by atoms with Crippen LogP contribution in [0, 0.1) is 5.41 Å². The van der Waals surface area contributed by atoms with E-state index < -0.39 is 0 Å². The Labute approximate surface area is 197 Å². The number of ether oxygens (including phenoxy) is 1. The quantitative estimate of drug-likeness (QED) is 0.565. The van der Waals surface area contributed by atoms with Crippen LogP contribution in [0.1, 0.15) is 50.5 Å². The number of aliphatic hydroxyl groups is 1. The van der Waals surface area contributed by atoms with E-state index in [0.29, 0.717) is 30.5 Å². The third-order valence-corrected chi connectivity index (χ3v) is 7.56. The summed E-state index contributed by atoms with van der Waals surface area (Å²) in [6.07, 6.45) is 7.51. The largest absolute Gasteiger partial charge is 0.456 e. The predicted octanol–water partition coefficient (Wildman–Crippen LogP) is 0.715. The Kier molecular flexibility index (Phi) is 6.13. The summed E-state index contributed by atoms with van der Waals surface area (Å²) in [6, 6.07) is 4.06. The van der Waals surface area contributed by atoms with Crippen molar-refractivity contribution in [1.29, 1.82) is 0 Å². The highest BCUT2D eigenvalue weighted by atomic mass is 16.5. The summed E-state index contributed by atoms with van der Waals surface area (Å²) in [4.78, 5) is 31.2. The molecule has 1 amide bonds. The van der Waals surface area contributed by atoms with E-state index in [0.717, 1.165) is 43.4 Å². The van der Waals surface area contributed by atoms with Gasteiger partial charge in [0.1, 0.15) is 12.9 Å². The van der Waals surface area contributed by atoms with Gasteiger partial charge in [-0.1, -0.05) is 6.07 Å². The van der Waals surface area contributed by atoms with Gasteiger partial charge < -0.3 is 20.1 Å². The Balaban J connectivity index is 1.15. The van der Waals surface area contributed by atoms with Crippen molar-refractivity contribution in [3.63, 3.8) is 0 Å². The van der Waals surface area contributed by atoms with E-state index in [9.17, 15) is 14.7 Å². The Morgan fingerprint density at radius 1 is 1.26 bits per heavy atom. The van der Waals surface area contributed by atoms with Gasteiger partial charge in [-0.3, -0.25) is 4.79 Å². The smallest absolute Gasteiger partial charge is 0.336 e. The zero-order valence-corrected chi connectivity index (χ0v) is 19.2. The van der Waals surface area contributed by atoms with Crippen molar-refractivity contribution < 1.29 is 19.4 Å². The van der Waals surface area contributed by atoms with Crippen molar-refractivity contribution in [3.8, 4) is 5.82 Å². The summed E-state index contributed by atoms with van der Waals surface area (Å²) in [7, 11) is 0. The number of cyclic esters (lactones) is 1. The van der Waals surface area contributed by atoms with Gasteiger partial charge in [-0.25, -0.2) is 9.78 Å². The summed E-state index contributed by atoms with van der Waals surface area (Å²) >= 11 is 0. The van der Waals surface area contributed by atoms with E-state index in [1.165, 1.54) is 11.0 Å². The number of likely N-dealkylation sites (tertiary alicyclic amines) is 1. The molecule has 180 valence electrons. The number of hydrogen-bond donors (Lipinski definition) is 2. The molecule has 2 aliphatic heterocycles. The fourth-order valence-corrected chi connectivity index (χ4v) is 5.30. The maximum atomic E-state index is 13.3. The number of nitrogens with zero attached hydrogens (tertiary/aromatic N) is 6. The van der Waals surface area contributed by atoms with Crippen molar-refractivity contribution in [1.82, 2.24) is 35.4 Å². The van der Waals surface area contributed by atoms with E-state index in [2.05, 4.69) is 25.8 Å². The van der Waals surface area contributed by atoms with Gasteiger partial charge in [0.2, 0.25) is 5.91 Å². The summed E-state index contributed by atoms with van der Waals surface area (Å²) in [5.74, 6) is 0.353. The summed E-state index contributed by atoms with van der Waals surface area (Å²) in [5, 5.41) is 24.6. The molecule has 2 aromatic heterocycles. The van der Waals surface area contributed by atoms with Crippen molar-refractivity contribution >= 4 is 11.9 Å². The van der Waals surface area contributed by atoms with E-state index in [1.807, 2.05) is 12.1 Å². The summed E-state index contributed by atoms with van der Waals surface area (Å²) < 4.78 is 6.59. The summed E-state index contributed by atoms with van der Waals surface area (Å²) in [6.45, 7) is 3.23. The molecule has 1 spiro atoms. The van der Waals surface area contributed by atoms with Gasteiger partial charge in [-0.05, 0) is 61.1 Å². The Bertz CT molecular complexity index is 1080. The molecule has 11 nitrogen and oxygen atoms in total. The Hall–Kier alpha value is -3.18. The second-order valence-corrected chi connectivity index (χ2v) is 9.40. The molecule has 3 aliphatic rings. The Morgan fingerprint density at radius 3 is 2.71 bits per heavy atom. The molecule has 0 unspecified atom stereocenters. The number of aliphatic hydroxyl groups excluding tert-OH is 1. The molecule has 11 heteroatoms. The lowest BCUT2D eigenvalue weighted by molar-refractivity contribution is -0.138. The first-order valence-corrected chi connectivity index (χ1v) is 11.7. The number of nitrogens with one attached hydrogen (secondary N) is 1. The van der Waals surface area contributed by atoms with E-state index in [-0.39, 0.29) is 36.4 Å². The molecule has 34 heavy (non-hydrogen) atoms. The van der Waals surface area contributed by atoms with E-state index in [4.69, 9.17) is 4.74 Å². The van der Waals surface area contributed by atoms with Crippen molar-refractivity contribution in [3.05, 3.63) is 41.5 Å². The maximum absolute atomic E-state index is 13.3. The highest BCUT2D eigenvalue weighted by Gasteiger charge is 2.50. The van der Waals surface area contributed by atoms with Crippen molar-refractivity contribution in [2.45, 2.75) is 51.0 Å². The van der Waals surface area contributed by atoms with Crippen molar-refractivity contribution in [2.75, 3.05) is 26.3 Å². The van der Waals surface area contributed by atoms with Crippen LogP contribution in [0.15, 0.2) is 35.9 Å². The number of hydrogen-bond acceptors (Lipinski definition) is 9. The fraction of sp³-hybridized carbons (Fsp3) is 0.565.